The van der Waals surface area contributed by atoms with E-state index in [4.69, 9.17) is 16.0 Å². The smallest absolute Gasteiger partial charge is 0.197 e. The average Bonchev–Trinajstić information content (AvgIpc) is 3.01. The van der Waals surface area contributed by atoms with Gasteiger partial charge in [-0.2, -0.15) is 5.10 Å². The van der Waals surface area contributed by atoms with Crippen LogP contribution in [0, 0.1) is 0 Å². The molecule has 0 saturated heterocycles. The number of furan rings is 1. The Hall–Kier alpha value is -1.78. The van der Waals surface area contributed by atoms with Crippen molar-refractivity contribution in [2.24, 2.45) is 7.05 Å². The highest BCUT2D eigenvalue weighted by molar-refractivity contribution is 6.29. The molecule has 2 heterocycles. The highest BCUT2D eigenvalue weighted by Crippen LogP contribution is 2.28. The Morgan fingerprint density at radius 2 is 2.15 bits per heavy atom. The number of hydrogen-bond acceptors (Lipinski definition) is 3. The number of nitrogens with one attached hydrogen (secondary N) is 1. The molecule has 0 bridgehead atoms. The van der Waals surface area contributed by atoms with E-state index >= 15 is 0 Å². The molecule has 0 saturated carbocycles. The molecule has 0 fully saturated rings. The molecule has 3 aromatic rings. The number of aromatic nitrogens is 2. The van der Waals surface area contributed by atoms with Gasteiger partial charge >= 0.3 is 0 Å². The van der Waals surface area contributed by atoms with Crippen LogP contribution in [0.15, 0.2) is 41.0 Å². The molecule has 3 rings (SSSR count). The zero-order valence-electron chi connectivity index (χ0n) is 11.4. The van der Waals surface area contributed by atoms with Crippen molar-refractivity contribution in [1.29, 1.82) is 0 Å². The second kappa shape index (κ2) is 5.31. The van der Waals surface area contributed by atoms with Gasteiger partial charge in [0.25, 0.3) is 0 Å². The number of hydrogen-bond donors (Lipinski definition) is 1. The van der Waals surface area contributed by atoms with Gasteiger partial charge in [0.05, 0.1) is 17.5 Å². The lowest BCUT2D eigenvalue weighted by Gasteiger charge is -2.13. The number of rotatable bonds is 4. The zero-order valence-corrected chi connectivity index (χ0v) is 12.2. The van der Waals surface area contributed by atoms with Gasteiger partial charge in [-0.1, -0.05) is 18.2 Å². The van der Waals surface area contributed by atoms with Crippen LogP contribution in [0.3, 0.4) is 0 Å². The number of para-hydroxylation sites is 1. The summed E-state index contributed by atoms with van der Waals surface area (Å²) in [6.07, 6.45) is 2.37. The van der Waals surface area contributed by atoms with Crippen molar-refractivity contribution in [2.75, 3.05) is 7.05 Å². The fourth-order valence-electron chi connectivity index (χ4n) is 2.55. The minimum atomic E-state index is 0.0829. The third kappa shape index (κ3) is 2.21. The van der Waals surface area contributed by atoms with E-state index in [1.165, 1.54) is 5.39 Å². The predicted molar refractivity (Wildman–Crippen MR) is 79.9 cm³/mol. The van der Waals surface area contributed by atoms with Crippen molar-refractivity contribution >= 4 is 22.5 Å². The third-order valence-corrected chi connectivity index (χ3v) is 3.91. The molecule has 20 heavy (non-hydrogen) atoms. The Morgan fingerprint density at radius 3 is 2.85 bits per heavy atom. The molecule has 1 unspecified atom stereocenters. The van der Waals surface area contributed by atoms with Gasteiger partial charge < -0.3 is 9.73 Å². The van der Waals surface area contributed by atoms with E-state index in [1.807, 2.05) is 37.0 Å². The van der Waals surface area contributed by atoms with Crippen LogP contribution in [0.1, 0.15) is 17.3 Å². The maximum absolute atomic E-state index is 6.07. The van der Waals surface area contributed by atoms with E-state index in [1.54, 1.807) is 6.26 Å². The van der Waals surface area contributed by atoms with Gasteiger partial charge in [-0.15, -0.1) is 0 Å². The summed E-state index contributed by atoms with van der Waals surface area (Å²) < 4.78 is 7.09. The van der Waals surface area contributed by atoms with Crippen LogP contribution in [-0.4, -0.2) is 16.8 Å². The molecule has 104 valence electrons. The first-order valence-electron chi connectivity index (χ1n) is 6.51. The summed E-state index contributed by atoms with van der Waals surface area (Å²) in [4.78, 5) is 0. The van der Waals surface area contributed by atoms with Crippen LogP contribution in [0.4, 0.5) is 0 Å². The molecule has 0 amide bonds. The Morgan fingerprint density at radius 1 is 1.35 bits per heavy atom. The number of halogens is 1. The van der Waals surface area contributed by atoms with Crippen molar-refractivity contribution in [2.45, 2.75) is 12.5 Å². The van der Waals surface area contributed by atoms with Gasteiger partial charge in [0.15, 0.2) is 5.22 Å². The lowest BCUT2D eigenvalue weighted by molar-refractivity contribution is 0.540. The molecule has 5 heteroatoms. The number of fused-ring (bicyclic) bond motifs is 1. The molecule has 1 aromatic carbocycles. The summed E-state index contributed by atoms with van der Waals surface area (Å²) in [6, 6.07) is 10.2. The summed E-state index contributed by atoms with van der Waals surface area (Å²) in [6.45, 7) is 0. The first-order valence-corrected chi connectivity index (χ1v) is 6.89. The second-order valence-electron chi connectivity index (χ2n) is 4.78. The van der Waals surface area contributed by atoms with Crippen molar-refractivity contribution in [3.05, 3.63) is 53.1 Å². The van der Waals surface area contributed by atoms with E-state index in [2.05, 4.69) is 22.5 Å². The van der Waals surface area contributed by atoms with Crippen molar-refractivity contribution in [3.8, 4) is 0 Å². The molecule has 0 radical (unpaired) electrons. The van der Waals surface area contributed by atoms with Crippen LogP contribution >= 0.6 is 11.6 Å². The van der Waals surface area contributed by atoms with E-state index in [0.29, 0.717) is 5.22 Å². The number of aryl methyl sites for hydroxylation is 1. The Kier molecular flexibility index (Phi) is 3.51. The number of benzene rings is 1. The van der Waals surface area contributed by atoms with Crippen molar-refractivity contribution in [1.82, 2.24) is 15.1 Å². The largest absolute Gasteiger partial charge is 0.453 e. The highest BCUT2D eigenvalue weighted by Gasteiger charge is 2.19. The first kappa shape index (κ1) is 13.2. The van der Waals surface area contributed by atoms with Gasteiger partial charge in [0, 0.05) is 30.5 Å². The van der Waals surface area contributed by atoms with E-state index in [0.717, 1.165) is 23.2 Å². The van der Waals surface area contributed by atoms with Crippen LogP contribution < -0.4 is 5.32 Å². The standard InChI is InChI=1S/C15H16ClN3O/c1-17-12(11-7-8-20-15(11)16)9-13-10-5-3-4-6-14(10)19(2)18-13/h3-8,12,17H,9H2,1-2H3. The minimum absolute atomic E-state index is 0.0829. The lowest BCUT2D eigenvalue weighted by atomic mass is 10.0. The fraction of sp³-hybridized carbons (Fsp3) is 0.267. The molecular weight excluding hydrogens is 274 g/mol. The molecule has 1 atom stereocenters. The molecule has 0 aliphatic carbocycles. The maximum Gasteiger partial charge on any atom is 0.197 e. The quantitative estimate of drug-likeness (QED) is 0.801. The minimum Gasteiger partial charge on any atom is -0.453 e. The summed E-state index contributed by atoms with van der Waals surface area (Å²) >= 11 is 6.07. The predicted octanol–water partition coefficient (Wildman–Crippen LogP) is 3.32. The molecule has 1 N–H and O–H groups in total. The first-order chi connectivity index (χ1) is 9.70. The molecule has 0 aliphatic rings. The molecule has 0 spiro atoms. The molecular formula is C15H16ClN3O. The Labute approximate surface area is 122 Å². The maximum atomic E-state index is 6.07. The highest BCUT2D eigenvalue weighted by atomic mass is 35.5. The summed E-state index contributed by atoms with van der Waals surface area (Å²) in [5.41, 5.74) is 3.15. The van der Waals surface area contributed by atoms with E-state index in [9.17, 15) is 0 Å². The number of likely N-dealkylation sites (N-methyl/N-ethyl adjacent to an activating group) is 1. The van der Waals surface area contributed by atoms with Crippen LogP contribution in [0.25, 0.3) is 10.9 Å². The van der Waals surface area contributed by atoms with E-state index in [-0.39, 0.29) is 6.04 Å². The number of nitrogens with zero attached hydrogens (tertiary/aromatic N) is 2. The van der Waals surface area contributed by atoms with Crippen LogP contribution in [0.5, 0.6) is 0 Å². The van der Waals surface area contributed by atoms with Gasteiger partial charge in [0.1, 0.15) is 0 Å². The Balaban J connectivity index is 1.98. The van der Waals surface area contributed by atoms with Gasteiger partial charge in [-0.3, -0.25) is 4.68 Å². The molecule has 2 aromatic heterocycles. The van der Waals surface area contributed by atoms with Gasteiger partial charge in [-0.25, -0.2) is 0 Å². The lowest BCUT2D eigenvalue weighted by Crippen LogP contribution is -2.19. The van der Waals surface area contributed by atoms with Gasteiger partial charge in [0.2, 0.25) is 0 Å². The summed E-state index contributed by atoms with van der Waals surface area (Å²) in [5.74, 6) is 0. The average molecular weight is 290 g/mol. The molecule has 4 nitrogen and oxygen atoms in total. The monoisotopic (exact) mass is 289 g/mol. The third-order valence-electron chi connectivity index (χ3n) is 3.60. The van der Waals surface area contributed by atoms with Crippen LogP contribution in [-0.2, 0) is 13.5 Å². The fourth-order valence-corrected chi connectivity index (χ4v) is 2.80. The van der Waals surface area contributed by atoms with Gasteiger partial charge in [-0.05, 0) is 30.8 Å². The normalized spacial score (nSPS) is 12.9. The zero-order chi connectivity index (χ0) is 14.1. The van der Waals surface area contributed by atoms with E-state index < -0.39 is 0 Å². The van der Waals surface area contributed by atoms with Crippen LogP contribution in [0.2, 0.25) is 5.22 Å². The van der Waals surface area contributed by atoms with Crippen molar-refractivity contribution < 1.29 is 4.42 Å². The second-order valence-corrected chi connectivity index (χ2v) is 5.13. The summed E-state index contributed by atoms with van der Waals surface area (Å²) in [5, 5.41) is 9.50. The van der Waals surface area contributed by atoms with Crippen molar-refractivity contribution in [3.63, 3.8) is 0 Å². The topological polar surface area (TPSA) is 43.0 Å². The SMILES string of the molecule is CNC(Cc1nn(C)c2ccccc12)c1ccoc1Cl. The summed E-state index contributed by atoms with van der Waals surface area (Å²) in [7, 11) is 3.88. The Bertz CT molecular complexity index is 732. The molecule has 0 aliphatic heterocycles.